The van der Waals surface area contributed by atoms with Gasteiger partial charge in [-0.05, 0) is 21.0 Å². The monoisotopic (exact) mass is 170 g/mol. The van der Waals surface area contributed by atoms with Crippen LogP contribution in [-0.2, 0) is 13.6 Å². The van der Waals surface area contributed by atoms with Gasteiger partial charge in [0.25, 0.3) is 5.82 Å². The second-order valence-electron chi connectivity index (χ2n) is 2.74. The Labute approximate surface area is 75.0 Å². The molecule has 3 nitrogen and oxygen atoms in total. The predicted octanol–water partition coefficient (Wildman–Crippen LogP) is 0.477. The fourth-order valence-electron chi connectivity index (χ4n) is 0.933. The van der Waals surface area contributed by atoms with Crippen molar-refractivity contribution in [1.82, 2.24) is 9.88 Å². The van der Waals surface area contributed by atoms with E-state index in [1.807, 2.05) is 14.1 Å². The zero-order chi connectivity index (χ0) is 9.56. The van der Waals surface area contributed by atoms with Crippen LogP contribution in [0.5, 0.6) is 0 Å². The SMILES string of the molecule is CCn1cc[n+](C)c1C.CNC. The van der Waals surface area contributed by atoms with Crippen molar-refractivity contribution in [1.29, 1.82) is 0 Å². The molecule has 1 heterocycles. The molecule has 0 atom stereocenters. The lowest BCUT2D eigenvalue weighted by atomic mass is 10.6. The second-order valence-corrected chi connectivity index (χ2v) is 2.74. The quantitative estimate of drug-likeness (QED) is 0.608. The summed E-state index contributed by atoms with van der Waals surface area (Å²) >= 11 is 0. The first-order valence-corrected chi connectivity index (χ1v) is 4.27. The standard InChI is InChI=1S/C7H13N2.C2H7N/c1-4-9-6-5-8(3)7(9)2;1-3-2/h5-6H,4H2,1-3H3;3H,1-2H3/q+1;. The van der Waals surface area contributed by atoms with Gasteiger partial charge in [-0.2, -0.15) is 0 Å². The van der Waals surface area contributed by atoms with Crippen LogP contribution in [0.1, 0.15) is 12.7 Å². The van der Waals surface area contributed by atoms with E-state index in [0.29, 0.717) is 0 Å². The van der Waals surface area contributed by atoms with Crippen LogP contribution >= 0.6 is 0 Å². The molecule has 0 saturated carbocycles. The topological polar surface area (TPSA) is 20.8 Å². The Morgan fingerprint density at radius 3 is 2.17 bits per heavy atom. The Morgan fingerprint density at radius 2 is 2.00 bits per heavy atom. The Bertz CT molecular complexity index is 216. The average Bonchev–Trinajstić information content (AvgIpc) is 2.35. The Hall–Kier alpha value is -0.830. The molecular formula is C9H20N3+. The van der Waals surface area contributed by atoms with Gasteiger partial charge < -0.3 is 5.32 Å². The van der Waals surface area contributed by atoms with Gasteiger partial charge in [-0.15, -0.1) is 0 Å². The highest BCUT2D eigenvalue weighted by Gasteiger charge is 2.03. The molecular weight excluding hydrogens is 150 g/mol. The number of imidazole rings is 1. The molecule has 12 heavy (non-hydrogen) atoms. The Balaban J connectivity index is 0.000000354. The molecule has 1 N–H and O–H groups in total. The number of aryl methyl sites for hydroxylation is 2. The molecule has 70 valence electrons. The van der Waals surface area contributed by atoms with Gasteiger partial charge >= 0.3 is 0 Å². The van der Waals surface area contributed by atoms with Crippen molar-refractivity contribution in [3.05, 3.63) is 18.2 Å². The summed E-state index contributed by atoms with van der Waals surface area (Å²) < 4.78 is 4.32. The minimum Gasteiger partial charge on any atom is -0.323 e. The van der Waals surface area contributed by atoms with Gasteiger partial charge in [-0.1, -0.05) is 0 Å². The van der Waals surface area contributed by atoms with E-state index in [2.05, 4.69) is 47.7 Å². The van der Waals surface area contributed by atoms with Crippen LogP contribution in [0.15, 0.2) is 12.4 Å². The lowest BCUT2D eigenvalue weighted by Gasteiger charge is -1.90. The molecule has 0 radical (unpaired) electrons. The molecule has 3 heteroatoms. The van der Waals surface area contributed by atoms with E-state index >= 15 is 0 Å². The average molecular weight is 170 g/mol. The molecule has 0 aliphatic carbocycles. The highest BCUT2D eigenvalue weighted by molar-refractivity contribution is 4.77. The van der Waals surface area contributed by atoms with Gasteiger partial charge in [-0.3, -0.25) is 0 Å². The molecule has 1 aromatic rings. The van der Waals surface area contributed by atoms with Crippen LogP contribution in [-0.4, -0.2) is 18.7 Å². The number of nitrogens with zero attached hydrogens (tertiary/aromatic N) is 2. The summed E-state index contributed by atoms with van der Waals surface area (Å²) in [6, 6.07) is 0. The van der Waals surface area contributed by atoms with Crippen LogP contribution in [0.4, 0.5) is 0 Å². The Kier molecular flexibility index (Phi) is 5.37. The molecule has 0 amide bonds. The summed E-state index contributed by atoms with van der Waals surface area (Å²) in [5.74, 6) is 1.30. The normalized spacial score (nSPS) is 9.08. The summed E-state index contributed by atoms with van der Waals surface area (Å²) in [6.45, 7) is 5.32. The van der Waals surface area contributed by atoms with Crippen LogP contribution < -0.4 is 9.88 Å². The van der Waals surface area contributed by atoms with Gasteiger partial charge in [0.1, 0.15) is 12.4 Å². The number of hydrogen-bond acceptors (Lipinski definition) is 1. The minimum atomic E-state index is 1.06. The van der Waals surface area contributed by atoms with Crippen LogP contribution in [0.2, 0.25) is 0 Å². The van der Waals surface area contributed by atoms with Crippen molar-refractivity contribution in [2.45, 2.75) is 20.4 Å². The smallest absolute Gasteiger partial charge is 0.252 e. The van der Waals surface area contributed by atoms with E-state index in [1.54, 1.807) is 0 Å². The van der Waals surface area contributed by atoms with Crippen molar-refractivity contribution >= 4 is 0 Å². The van der Waals surface area contributed by atoms with Crippen molar-refractivity contribution in [3.8, 4) is 0 Å². The molecule has 0 aliphatic heterocycles. The molecule has 0 aliphatic rings. The van der Waals surface area contributed by atoms with E-state index in [-0.39, 0.29) is 0 Å². The molecule has 1 aromatic heterocycles. The van der Waals surface area contributed by atoms with Crippen LogP contribution in [0.25, 0.3) is 0 Å². The third-order valence-corrected chi connectivity index (χ3v) is 1.74. The van der Waals surface area contributed by atoms with E-state index in [4.69, 9.17) is 0 Å². The number of rotatable bonds is 1. The Morgan fingerprint density at radius 1 is 1.50 bits per heavy atom. The molecule has 0 unspecified atom stereocenters. The summed E-state index contributed by atoms with van der Waals surface area (Å²) in [5, 5.41) is 2.75. The van der Waals surface area contributed by atoms with Gasteiger partial charge in [0.2, 0.25) is 0 Å². The number of nitrogens with one attached hydrogen (secondary N) is 1. The van der Waals surface area contributed by atoms with E-state index in [1.165, 1.54) is 5.82 Å². The largest absolute Gasteiger partial charge is 0.323 e. The van der Waals surface area contributed by atoms with E-state index in [0.717, 1.165) is 6.54 Å². The van der Waals surface area contributed by atoms with Crippen LogP contribution in [0, 0.1) is 6.92 Å². The highest BCUT2D eigenvalue weighted by atomic mass is 15.1. The maximum absolute atomic E-state index is 2.75. The van der Waals surface area contributed by atoms with Crippen molar-refractivity contribution in [2.24, 2.45) is 7.05 Å². The molecule has 1 rings (SSSR count). The first-order valence-electron chi connectivity index (χ1n) is 4.27. The maximum Gasteiger partial charge on any atom is 0.252 e. The minimum absolute atomic E-state index is 1.06. The number of aromatic nitrogens is 2. The first-order chi connectivity index (χ1) is 5.67. The van der Waals surface area contributed by atoms with Crippen molar-refractivity contribution in [3.63, 3.8) is 0 Å². The summed E-state index contributed by atoms with van der Waals surface area (Å²) in [6.07, 6.45) is 4.16. The first kappa shape index (κ1) is 11.2. The van der Waals surface area contributed by atoms with Gasteiger partial charge in [0, 0.05) is 6.92 Å². The molecule has 0 saturated heterocycles. The van der Waals surface area contributed by atoms with Crippen LogP contribution in [0.3, 0.4) is 0 Å². The zero-order valence-electron chi connectivity index (χ0n) is 8.76. The number of hydrogen-bond donors (Lipinski definition) is 1. The third kappa shape index (κ3) is 3.05. The van der Waals surface area contributed by atoms with Gasteiger partial charge in [0.15, 0.2) is 0 Å². The summed E-state index contributed by atoms with van der Waals surface area (Å²) in [7, 11) is 5.81. The fourth-order valence-corrected chi connectivity index (χ4v) is 0.933. The van der Waals surface area contributed by atoms with E-state index in [9.17, 15) is 0 Å². The second kappa shape index (κ2) is 5.77. The molecule has 0 aromatic carbocycles. The zero-order valence-corrected chi connectivity index (χ0v) is 8.76. The van der Waals surface area contributed by atoms with Gasteiger partial charge in [0.05, 0.1) is 13.6 Å². The molecule has 0 fully saturated rings. The highest BCUT2D eigenvalue weighted by Crippen LogP contribution is 1.89. The predicted molar refractivity (Wildman–Crippen MR) is 51.0 cm³/mol. The maximum atomic E-state index is 2.75. The fraction of sp³-hybridized carbons (Fsp3) is 0.667. The summed E-state index contributed by atoms with van der Waals surface area (Å²) in [5.41, 5.74) is 0. The van der Waals surface area contributed by atoms with E-state index < -0.39 is 0 Å². The third-order valence-electron chi connectivity index (χ3n) is 1.74. The van der Waals surface area contributed by atoms with Crippen molar-refractivity contribution < 1.29 is 4.57 Å². The van der Waals surface area contributed by atoms with Gasteiger partial charge in [-0.25, -0.2) is 9.13 Å². The molecule has 0 spiro atoms. The van der Waals surface area contributed by atoms with Crippen molar-refractivity contribution in [2.75, 3.05) is 14.1 Å². The summed E-state index contributed by atoms with van der Waals surface area (Å²) in [4.78, 5) is 0. The lowest BCUT2D eigenvalue weighted by Crippen LogP contribution is -2.29. The lowest BCUT2D eigenvalue weighted by molar-refractivity contribution is -0.677. The molecule has 0 bridgehead atoms.